The van der Waals surface area contributed by atoms with Crippen LogP contribution in [0, 0.1) is 12.7 Å². The molecular weight excluding hydrogens is 395 g/mol. The monoisotopic (exact) mass is 416 g/mol. The fourth-order valence-corrected chi connectivity index (χ4v) is 4.57. The van der Waals surface area contributed by atoms with Crippen LogP contribution in [-0.4, -0.2) is 33.2 Å². The number of nitrogens with zero attached hydrogens (tertiary/aromatic N) is 2. The van der Waals surface area contributed by atoms with Crippen LogP contribution in [0.2, 0.25) is 0 Å². The number of rotatable bonds is 5. The van der Waals surface area contributed by atoms with Crippen LogP contribution in [0.25, 0.3) is 10.2 Å². The number of nitrogens with one attached hydrogen (secondary N) is 1. The summed E-state index contributed by atoms with van der Waals surface area (Å²) in [5.41, 5.74) is 6.72. The molecule has 9 heteroatoms. The SMILES string of the molecule is Cc1c(C(N)=O)sc2ncnc(Nc3ccc(F)cc3OC3CCC(O)CC3)c12. The van der Waals surface area contributed by atoms with E-state index < -0.39 is 11.7 Å². The van der Waals surface area contributed by atoms with E-state index in [-0.39, 0.29) is 12.2 Å². The Kier molecular flexibility index (Phi) is 5.33. The van der Waals surface area contributed by atoms with Gasteiger partial charge in [-0.15, -0.1) is 11.3 Å². The number of aromatic nitrogens is 2. The Labute approximate surface area is 170 Å². The van der Waals surface area contributed by atoms with Gasteiger partial charge in [0.2, 0.25) is 0 Å². The van der Waals surface area contributed by atoms with Gasteiger partial charge in [-0.25, -0.2) is 14.4 Å². The molecule has 2 heterocycles. The number of aliphatic hydroxyl groups excluding tert-OH is 1. The van der Waals surface area contributed by atoms with Gasteiger partial charge in [-0.1, -0.05) is 0 Å². The summed E-state index contributed by atoms with van der Waals surface area (Å²) in [5.74, 6) is -0.0494. The van der Waals surface area contributed by atoms with Crippen molar-refractivity contribution in [3.05, 3.63) is 40.8 Å². The molecule has 0 aliphatic heterocycles. The zero-order valence-corrected chi connectivity index (χ0v) is 16.6. The Morgan fingerprint density at radius 2 is 2.07 bits per heavy atom. The van der Waals surface area contributed by atoms with Gasteiger partial charge in [0, 0.05) is 6.07 Å². The lowest BCUT2D eigenvalue weighted by atomic mass is 9.95. The number of amides is 1. The molecule has 0 radical (unpaired) electrons. The van der Waals surface area contributed by atoms with Crippen LogP contribution in [-0.2, 0) is 0 Å². The second kappa shape index (κ2) is 7.92. The number of thiophene rings is 1. The topological polar surface area (TPSA) is 110 Å². The molecule has 1 aliphatic carbocycles. The van der Waals surface area contributed by atoms with Crippen molar-refractivity contribution >= 4 is 39.0 Å². The van der Waals surface area contributed by atoms with Crippen molar-refractivity contribution in [3.8, 4) is 5.75 Å². The van der Waals surface area contributed by atoms with Gasteiger partial charge in [-0.3, -0.25) is 4.79 Å². The fourth-order valence-electron chi connectivity index (χ4n) is 3.57. The number of fused-ring (bicyclic) bond motifs is 1. The largest absolute Gasteiger partial charge is 0.488 e. The van der Waals surface area contributed by atoms with E-state index >= 15 is 0 Å². The van der Waals surface area contributed by atoms with Crippen molar-refractivity contribution < 1.29 is 19.0 Å². The third-order valence-electron chi connectivity index (χ3n) is 5.08. The Bertz CT molecular complexity index is 1060. The number of carbonyl (C=O) groups excluding carboxylic acids is 1. The number of carbonyl (C=O) groups is 1. The number of benzene rings is 1. The first-order valence-electron chi connectivity index (χ1n) is 9.37. The average Bonchev–Trinajstić information content (AvgIpc) is 3.04. The van der Waals surface area contributed by atoms with Crippen LogP contribution >= 0.6 is 11.3 Å². The molecule has 2 aromatic heterocycles. The lowest BCUT2D eigenvalue weighted by Crippen LogP contribution is -2.26. The van der Waals surface area contributed by atoms with E-state index in [0.717, 1.165) is 0 Å². The Morgan fingerprint density at radius 3 is 2.79 bits per heavy atom. The lowest BCUT2D eigenvalue weighted by Gasteiger charge is -2.27. The van der Waals surface area contributed by atoms with Crippen LogP contribution in [0.15, 0.2) is 24.5 Å². The van der Waals surface area contributed by atoms with Gasteiger partial charge in [0.25, 0.3) is 5.91 Å². The van der Waals surface area contributed by atoms with E-state index in [2.05, 4.69) is 15.3 Å². The zero-order valence-electron chi connectivity index (χ0n) is 15.8. The Hall–Kier alpha value is -2.78. The molecule has 1 fully saturated rings. The number of aryl methyl sites for hydroxylation is 1. The molecule has 1 aliphatic rings. The maximum absolute atomic E-state index is 13.9. The number of nitrogens with two attached hydrogens (primary N) is 1. The van der Waals surface area contributed by atoms with E-state index in [1.54, 1.807) is 13.0 Å². The third kappa shape index (κ3) is 4.01. The van der Waals surface area contributed by atoms with Crippen molar-refractivity contribution in [3.63, 3.8) is 0 Å². The highest BCUT2D eigenvalue weighted by molar-refractivity contribution is 7.20. The lowest BCUT2D eigenvalue weighted by molar-refractivity contribution is 0.0668. The first-order valence-corrected chi connectivity index (χ1v) is 10.2. The molecule has 1 aromatic carbocycles. The highest BCUT2D eigenvalue weighted by Crippen LogP contribution is 2.37. The van der Waals surface area contributed by atoms with E-state index in [9.17, 15) is 14.3 Å². The quantitative estimate of drug-likeness (QED) is 0.585. The van der Waals surface area contributed by atoms with Crippen molar-refractivity contribution in [1.82, 2.24) is 9.97 Å². The summed E-state index contributed by atoms with van der Waals surface area (Å²) in [7, 11) is 0. The van der Waals surface area contributed by atoms with Crippen molar-refractivity contribution in [2.75, 3.05) is 5.32 Å². The van der Waals surface area contributed by atoms with E-state index in [0.29, 0.717) is 63.6 Å². The number of anilines is 2. The summed E-state index contributed by atoms with van der Waals surface area (Å²) in [5, 5.41) is 13.6. The van der Waals surface area contributed by atoms with Crippen molar-refractivity contribution in [1.29, 1.82) is 0 Å². The minimum absolute atomic E-state index is 0.0875. The van der Waals surface area contributed by atoms with Gasteiger partial charge in [0.05, 0.1) is 28.2 Å². The molecule has 0 unspecified atom stereocenters. The molecule has 4 N–H and O–H groups in total. The van der Waals surface area contributed by atoms with Gasteiger partial charge < -0.3 is 20.9 Å². The number of hydrogen-bond acceptors (Lipinski definition) is 7. The Morgan fingerprint density at radius 1 is 1.31 bits per heavy atom. The summed E-state index contributed by atoms with van der Waals surface area (Å²) in [4.78, 5) is 21.3. The predicted molar refractivity (Wildman–Crippen MR) is 109 cm³/mol. The maximum atomic E-state index is 13.9. The highest BCUT2D eigenvalue weighted by atomic mass is 32.1. The van der Waals surface area contributed by atoms with E-state index in [1.165, 1.54) is 29.8 Å². The number of aliphatic hydroxyl groups is 1. The predicted octanol–water partition coefficient (Wildman–Crippen LogP) is 3.66. The smallest absolute Gasteiger partial charge is 0.259 e. The maximum Gasteiger partial charge on any atom is 0.259 e. The number of hydrogen-bond donors (Lipinski definition) is 3. The number of halogens is 1. The van der Waals surface area contributed by atoms with Crippen LogP contribution in [0.5, 0.6) is 5.75 Å². The molecule has 0 bridgehead atoms. The standard InChI is InChI=1S/C20H21FN4O3S/c1-10-16-19(23-9-24-20(16)29-17(10)18(22)27)25-14-7-2-11(21)8-15(14)28-13-5-3-12(26)4-6-13/h2,7-9,12-13,26H,3-6H2,1H3,(H2,22,27)(H,23,24,25). The molecule has 0 spiro atoms. The second-order valence-electron chi connectivity index (χ2n) is 7.14. The first kappa shape index (κ1) is 19.5. The molecule has 152 valence electrons. The van der Waals surface area contributed by atoms with Crippen LogP contribution in [0.4, 0.5) is 15.9 Å². The molecule has 4 rings (SSSR count). The van der Waals surface area contributed by atoms with Gasteiger partial charge in [-0.2, -0.15) is 0 Å². The summed E-state index contributed by atoms with van der Waals surface area (Å²) >= 11 is 1.21. The summed E-state index contributed by atoms with van der Waals surface area (Å²) < 4.78 is 19.9. The first-order chi connectivity index (χ1) is 13.9. The van der Waals surface area contributed by atoms with Crippen LogP contribution in [0.1, 0.15) is 40.9 Å². The molecule has 1 saturated carbocycles. The van der Waals surface area contributed by atoms with E-state index in [4.69, 9.17) is 10.5 Å². The molecule has 0 atom stereocenters. The van der Waals surface area contributed by atoms with Gasteiger partial charge >= 0.3 is 0 Å². The van der Waals surface area contributed by atoms with Crippen LogP contribution < -0.4 is 15.8 Å². The molecule has 29 heavy (non-hydrogen) atoms. The second-order valence-corrected chi connectivity index (χ2v) is 8.14. The molecule has 1 amide bonds. The van der Waals surface area contributed by atoms with Gasteiger partial charge in [-0.05, 0) is 50.3 Å². The number of primary amides is 1. The minimum Gasteiger partial charge on any atom is -0.488 e. The molecule has 3 aromatic rings. The molecule has 0 saturated heterocycles. The third-order valence-corrected chi connectivity index (χ3v) is 6.30. The highest BCUT2D eigenvalue weighted by Gasteiger charge is 2.23. The fraction of sp³-hybridized carbons (Fsp3) is 0.350. The normalized spacial score (nSPS) is 19.3. The number of ether oxygens (including phenoxy) is 1. The van der Waals surface area contributed by atoms with E-state index in [1.807, 2.05) is 0 Å². The van der Waals surface area contributed by atoms with Crippen molar-refractivity contribution in [2.45, 2.75) is 44.8 Å². The van der Waals surface area contributed by atoms with Crippen LogP contribution in [0.3, 0.4) is 0 Å². The summed E-state index contributed by atoms with van der Waals surface area (Å²) in [6.07, 6.45) is 3.77. The molecular formula is C20H21FN4O3S. The summed E-state index contributed by atoms with van der Waals surface area (Å²) in [6.45, 7) is 1.79. The zero-order chi connectivity index (χ0) is 20.5. The molecule has 7 nitrogen and oxygen atoms in total. The summed E-state index contributed by atoms with van der Waals surface area (Å²) in [6, 6.07) is 4.27. The average molecular weight is 416 g/mol. The van der Waals surface area contributed by atoms with Gasteiger partial charge in [0.15, 0.2) is 0 Å². The van der Waals surface area contributed by atoms with Gasteiger partial charge in [0.1, 0.15) is 28.5 Å². The minimum atomic E-state index is -0.512. The van der Waals surface area contributed by atoms with Crippen molar-refractivity contribution in [2.24, 2.45) is 5.73 Å². The Balaban J connectivity index is 1.67.